The molecule has 2 fully saturated rings. The monoisotopic (exact) mass is 195 g/mol. The van der Waals surface area contributed by atoms with E-state index in [1.807, 2.05) is 0 Å². The fourth-order valence-corrected chi connectivity index (χ4v) is 3.26. The van der Waals surface area contributed by atoms with Crippen LogP contribution in [0.2, 0.25) is 0 Å². The van der Waals surface area contributed by atoms with Gasteiger partial charge in [0.15, 0.2) is 0 Å². The van der Waals surface area contributed by atoms with Crippen molar-refractivity contribution in [2.24, 2.45) is 5.92 Å². The predicted octanol–water partition coefficient (Wildman–Crippen LogP) is 2.23. The molecule has 2 rings (SSSR count). The normalized spacial score (nSPS) is 39.1. The Labute approximate surface area is 86.7 Å². The van der Waals surface area contributed by atoms with Crippen LogP contribution in [-0.4, -0.2) is 29.8 Å². The number of carbonyl (C=O) groups is 1. The van der Waals surface area contributed by atoms with Crippen LogP contribution in [0.4, 0.5) is 0 Å². The Morgan fingerprint density at radius 2 is 2.14 bits per heavy atom. The Morgan fingerprint density at radius 1 is 1.29 bits per heavy atom. The second-order valence-electron chi connectivity index (χ2n) is 4.75. The molecule has 0 unspecified atom stereocenters. The third kappa shape index (κ3) is 1.72. The van der Waals surface area contributed by atoms with Gasteiger partial charge in [0.1, 0.15) is 6.29 Å². The number of aldehydes is 1. The van der Waals surface area contributed by atoms with Crippen molar-refractivity contribution < 1.29 is 4.79 Å². The first-order chi connectivity index (χ1) is 6.86. The average molecular weight is 195 g/mol. The SMILES string of the molecule is CC[C@H]1CC[C@@H](C=O)N2CCCC[C@@H]12. The van der Waals surface area contributed by atoms with E-state index >= 15 is 0 Å². The number of rotatable bonds is 2. The van der Waals surface area contributed by atoms with Crippen LogP contribution in [0.3, 0.4) is 0 Å². The van der Waals surface area contributed by atoms with E-state index in [1.54, 1.807) is 0 Å². The number of hydrogen-bond acceptors (Lipinski definition) is 2. The molecule has 80 valence electrons. The summed E-state index contributed by atoms with van der Waals surface area (Å²) in [6.07, 6.45) is 8.79. The summed E-state index contributed by atoms with van der Waals surface area (Å²) in [6.45, 7) is 3.45. The van der Waals surface area contributed by atoms with Gasteiger partial charge in [-0.15, -0.1) is 0 Å². The standard InChI is InChI=1S/C12H21NO/c1-2-10-6-7-11(9-14)13-8-4-3-5-12(10)13/h9-12H,2-8H2,1H3/t10-,11-,12-/m0/s1. The highest BCUT2D eigenvalue weighted by Crippen LogP contribution is 2.35. The van der Waals surface area contributed by atoms with E-state index in [1.165, 1.54) is 38.4 Å². The molecule has 0 aliphatic carbocycles. The molecule has 0 aromatic carbocycles. The van der Waals surface area contributed by atoms with E-state index in [9.17, 15) is 4.79 Å². The first-order valence-corrected chi connectivity index (χ1v) is 6.08. The zero-order chi connectivity index (χ0) is 9.97. The molecule has 0 aromatic heterocycles. The topological polar surface area (TPSA) is 20.3 Å². The highest BCUT2D eigenvalue weighted by molar-refractivity contribution is 5.58. The lowest BCUT2D eigenvalue weighted by atomic mass is 9.79. The number of carbonyl (C=O) groups excluding carboxylic acids is 1. The van der Waals surface area contributed by atoms with Crippen molar-refractivity contribution in [3.8, 4) is 0 Å². The summed E-state index contributed by atoms with van der Waals surface area (Å²) in [6, 6.07) is 0.959. The van der Waals surface area contributed by atoms with Gasteiger partial charge in [-0.2, -0.15) is 0 Å². The second kappa shape index (κ2) is 4.43. The zero-order valence-corrected chi connectivity index (χ0v) is 9.11. The Kier molecular flexibility index (Phi) is 3.22. The second-order valence-corrected chi connectivity index (χ2v) is 4.75. The molecule has 2 aliphatic heterocycles. The van der Waals surface area contributed by atoms with Gasteiger partial charge < -0.3 is 4.79 Å². The van der Waals surface area contributed by atoms with Gasteiger partial charge in [-0.05, 0) is 38.1 Å². The summed E-state index contributed by atoms with van der Waals surface area (Å²) in [7, 11) is 0. The van der Waals surface area contributed by atoms with E-state index in [0.29, 0.717) is 0 Å². The molecule has 0 spiro atoms. The summed E-state index contributed by atoms with van der Waals surface area (Å²) in [5, 5.41) is 0. The largest absolute Gasteiger partial charge is 0.302 e. The van der Waals surface area contributed by atoms with Crippen LogP contribution >= 0.6 is 0 Å². The molecule has 2 heterocycles. The van der Waals surface area contributed by atoms with E-state index in [4.69, 9.17) is 0 Å². The summed E-state index contributed by atoms with van der Waals surface area (Å²) in [5.41, 5.74) is 0. The van der Waals surface area contributed by atoms with E-state index < -0.39 is 0 Å². The molecule has 2 heteroatoms. The molecule has 2 nitrogen and oxygen atoms in total. The third-order valence-corrected chi connectivity index (χ3v) is 4.08. The molecule has 2 aliphatic rings. The van der Waals surface area contributed by atoms with Gasteiger partial charge in [-0.25, -0.2) is 0 Å². The van der Waals surface area contributed by atoms with Crippen molar-refractivity contribution in [3.05, 3.63) is 0 Å². The van der Waals surface area contributed by atoms with Gasteiger partial charge in [0.2, 0.25) is 0 Å². The van der Waals surface area contributed by atoms with Crippen LogP contribution in [0.5, 0.6) is 0 Å². The maximum Gasteiger partial charge on any atom is 0.137 e. The molecule has 2 saturated heterocycles. The summed E-state index contributed by atoms with van der Waals surface area (Å²) >= 11 is 0. The highest BCUT2D eigenvalue weighted by Gasteiger charge is 2.37. The van der Waals surface area contributed by atoms with Crippen molar-refractivity contribution in [1.82, 2.24) is 4.90 Å². The highest BCUT2D eigenvalue weighted by atomic mass is 16.1. The zero-order valence-electron chi connectivity index (χ0n) is 9.11. The number of piperidine rings is 2. The van der Waals surface area contributed by atoms with Crippen LogP contribution in [0.15, 0.2) is 0 Å². The lowest BCUT2D eigenvalue weighted by Gasteiger charge is -2.47. The first-order valence-electron chi connectivity index (χ1n) is 6.08. The van der Waals surface area contributed by atoms with E-state index in [0.717, 1.165) is 24.9 Å². The quantitative estimate of drug-likeness (QED) is 0.630. The van der Waals surface area contributed by atoms with E-state index in [-0.39, 0.29) is 6.04 Å². The Morgan fingerprint density at radius 3 is 2.86 bits per heavy atom. The molecular weight excluding hydrogens is 174 g/mol. The van der Waals surface area contributed by atoms with Gasteiger partial charge >= 0.3 is 0 Å². The summed E-state index contributed by atoms with van der Waals surface area (Å²) < 4.78 is 0. The fourth-order valence-electron chi connectivity index (χ4n) is 3.26. The number of fused-ring (bicyclic) bond motifs is 1. The molecule has 0 bridgehead atoms. The molecule has 3 atom stereocenters. The minimum absolute atomic E-state index is 0.239. The van der Waals surface area contributed by atoms with Crippen molar-refractivity contribution in [2.75, 3.05) is 6.54 Å². The predicted molar refractivity (Wildman–Crippen MR) is 57.2 cm³/mol. The average Bonchev–Trinajstić information content (AvgIpc) is 2.27. The van der Waals surface area contributed by atoms with Crippen LogP contribution in [0.1, 0.15) is 45.4 Å². The Balaban J connectivity index is 2.08. The van der Waals surface area contributed by atoms with E-state index in [2.05, 4.69) is 11.8 Å². The van der Waals surface area contributed by atoms with Crippen LogP contribution in [0.25, 0.3) is 0 Å². The molecule has 14 heavy (non-hydrogen) atoms. The van der Waals surface area contributed by atoms with Gasteiger partial charge in [-0.3, -0.25) is 4.90 Å². The van der Waals surface area contributed by atoms with Gasteiger partial charge in [0.25, 0.3) is 0 Å². The van der Waals surface area contributed by atoms with Gasteiger partial charge in [0, 0.05) is 6.04 Å². The third-order valence-electron chi connectivity index (χ3n) is 4.08. The minimum atomic E-state index is 0.239. The smallest absolute Gasteiger partial charge is 0.137 e. The fraction of sp³-hybridized carbons (Fsp3) is 0.917. The number of hydrogen-bond donors (Lipinski definition) is 0. The lowest BCUT2D eigenvalue weighted by Crippen LogP contribution is -2.53. The van der Waals surface area contributed by atoms with Crippen LogP contribution < -0.4 is 0 Å². The summed E-state index contributed by atoms with van der Waals surface area (Å²) in [4.78, 5) is 13.4. The minimum Gasteiger partial charge on any atom is -0.302 e. The van der Waals surface area contributed by atoms with Gasteiger partial charge in [0.05, 0.1) is 6.04 Å². The maximum absolute atomic E-state index is 11.0. The molecule has 0 amide bonds. The van der Waals surface area contributed by atoms with Crippen molar-refractivity contribution in [1.29, 1.82) is 0 Å². The molecule has 0 saturated carbocycles. The molecule has 0 aromatic rings. The summed E-state index contributed by atoms with van der Waals surface area (Å²) in [5.74, 6) is 0.853. The molecule has 0 radical (unpaired) electrons. The first kappa shape index (κ1) is 10.2. The maximum atomic E-state index is 11.0. The van der Waals surface area contributed by atoms with Crippen molar-refractivity contribution in [3.63, 3.8) is 0 Å². The van der Waals surface area contributed by atoms with Crippen LogP contribution in [0, 0.1) is 5.92 Å². The van der Waals surface area contributed by atoms with Crippen LogP contribution in [-0.2, 0) is 4.79 Å². The van der Waals surface area contributed by atoms with Crippen molar-refractivity contribution >= 4 is 6.29 Å². The van der Waals surface area contributed by atoms with Crippen molar-refractivity contribution in [2.45, 2.75) is 57.5 Å². The number of nitrogens with zero attached hydrogens (tertiary/aromatic N) is 1. The Bertz CT molecular complexity index is 204. The lowest BCUT2D eigenvalue weighted by molar-refractivity contribution is -0.117. The molecule has 0 N–H and O–H groups in total. The Hall–Kier alpha value is -0.370. The van der Waals surface area contributed by atoms with Gasteiger partial charge in [-0.1, -0.05) is 19.8 Å². The molecular formula is C12H21NO.